The van der Waals surface area contributed by atoms with E-state index in [0.717, 1.165) is 25.7 Å². The second-order valence-electron chi connectivity index (χ2n) is 6.25. The van der Waals surface area contributed by atoms with Crippen LogP contribution in [0.2, 0.25) is 0 Å². The van der Waals surface area contributed by atoms with Gasteiger partial charge in [0.25, 0.3) is 0 Å². The van der Waals surface area contributed by atoms with Gasteiger partial charge in [-0.2, -0.15) is 11.8 Å². The number of amides is 2. The van der Waals surface area contributed by atoms with Gasteiger partial charge < -0.3 is 15.3 Å². The fraction of sp³-hybridized carbons (Fsp3) is 0.867. The SMILES string of the molecule is CCC1CCN(C(=O)NCC2(SC)CCC2)C(C(=O)O)C1. The number of carboxylic acid groups (broad SMARTS) is 1. The van der Waals surface area contributed by atoms with Gasteiger partial charge in [-0.05, 0) is 37.9 Å². The summed E-state index contributed by atoms with van der Waals surface area (Å²) in [5, 5.41) is 12.3. The highest BCUT2D eigenvalue weighted by atomic mass is 32.2. The van der Waals surface area contributed by atoms with Crippen molar-refractivity contribution in [3.63, 3.8) is 0 Å². The first-order chi connectivity index (χ1) is 10.0. The lowest BCUT2D eigenvalue weighted by Crippen LogP contribution is -2.56. The van der Waals surface area contributed by atoms with Gasteiger partial charge in [0.1, 0.15) is 6.04 Å². The maximum atomic E-state index is 12.4. The van der Waals surface area contributed by atoms with Gasteiger partial charge in [0.05, 0.1) is 0 Å². The Kier molecular flexibility index (Phi) is 5.41. The molecule has 2 unspecified atom stereocenters. The van der Waals surface area contributed by atoms with E-state index < -0.39 is 12.0 Å². The molecule has 0 spiro atoms. The van der Waals surface area contributed by atoms with E-state index in [1.165, 1.54) is 11.3 Å². The van der Waals surface area contributed by atoms with Gasteiger partial charge in [0.15, 0.2) is 0 Å². The summed E-state index contributed by atoms with van der Waals surface area (Å²) in [4.78, 5) is 25.3. The van der Waals surface area contributed by atoms with E-state index in [2.05, 4.69) is 18.5 Å². The monoisotopic (exact) mass is 314 g/mol. The molecule has 120 valence electrons. The molecule has 2 fully saturated rings. The fourth-order valence-corrected chi connectivity index (χ4v) is 4.16. The van der Waals surface area contributed by atoms with Crippen LogP contribution in [0, 0.1) is 5.92 Å². The quantitative estimate of drug-likeness (QED) is 0.818. The Morgan fingerprint density at radius 2 is 2.14 bits per heavy atom. The van der Waals surface area contributed by atoms with E-state index in [4.69, 9.17) is 0 Å². The molecule has 0 aromatic heterocycles. The van der Waals surface area contributed by atoms with Crippen LogP contribution < -0.4 is 5.32 Å². The van der Waals surface area contributed by atoms with E-state index in [1.807, 2.05) is 11.8 Å². The highest BCUT2D eigenvalue weighted by molar-refractivity contribution is 8.00. The third kappa shape index (κ3) is 3.65. The van der Waals surface area contributed by atoms with Crippen molar-refractivity contribution < 1.29 is 14.7 Å². The number of likely N-dealkylation sites (tertiary alicyclic amines) is 1. The highest BCUT2D eigenvalue weighted by Crippen LogP contribution is 2.42. The highest BCUT2D eigenvalue weighted by Gasteiger charge is 2.39. The van der Waals surface area contributed by atoms with Gasteiger partial charge in [-0.15, -0.1) is 0 Å². The Balaban J connectivity index is 1.92. The molecule has 1 aliphatic heterocycles. The molecule has 0 aromatic carbocycles. The van der Waals surface area contributed by atoms with E-state index in [-0.39, 0.29) is 10.8 Å². The van der Waals surface area contributed by atoms with Gasteiger partial charge in [-0.25, -0.2) is 9.59 Å². The Hall–Kier alpha value is -0.910. The number of nitrogens with zero attached hydrogens (tertiary/aromatic N) is 1. The minimum absolute atomic E-state index is 0.177. The molecule has 0 aromatic rings. The second kappa shape index (κ2) is 6.90. The number of aliphatic carboxylic acids is 1. The lowest BCUT2D eigenvalue weighted by molar-refractivity contribution is -0.144. The van der Waals surface area contributed by atoms with Crippen LogP contribution in [0.15, 0.2) is 0 Å². The number of piperidine rings is 1. The molecular formula is C15H26N2O3S. The Labute approximate surface area is 130 Å². The van der Waals surface area contributed by atoms with Crippen LogP contribution >= 0.6 is 11.8 Å². The largest absolute Gasteiger partial charge is 0.480 e. The van der Waals surface area contributed by atoms with Crippen molar-refractivity contribution >= 4 is 23.8 Å². The summed E-state index contributed by atoms with van der Waals surface area (Å²) in [6.07, 6.45) is 8.03. The Bertz CT molecular complexity index is 393. The topological polar surface area (TPSA) is 69.6 Å². The van der Waals surface area contributed by atoms with E-state index >= 15 is 0 Å². The standard InChI is InChI=1S/C15H26N2O3S/c1-3-11-5-8-17(12(9-11)13(18)19)14(20)16-10-15(21-2)6-4-7-15/h11-12H,3-10H2,1-2H3,(H,16,20)(H,18,19). The number of hydrogen-bond acceptors (Lipinski definition) is 3. The molecule has 2 aliphatic rings. The minimum atomic E-state index is -0.883. The van der Waals surface area contributed by atoms with E-state index in [1.54, 1.807) is 0 Å². The first kappa shape index (κ1) is 16.5. The molecule has 1 saturated heterocycles. The third-order valence-electron chi connectivity index (χ3n) is 5.09. The Morgan fingerprint density at radius 3 is 2.62 bits per heavy atom. The van der Waals surface area contributed by atoms with Crippen molar-refractivity contribution in [1.29, 1.82) is 0 Å². The van der Waals surface area contributed by atoms with Crippen molar-refractivity contribution in [2.24, 2.45) is 5.92 Å². The van der Waals surface area contributed by atoms with Crippen LogP contribution in [0.25, 0.3) is 0 Å². The molecule has 2 amide bonds. The van der Waals surface area contributed by atoms with Gasteiger partial charge >= 0.3 is 12.0 Å². The van der Waals surface area contributed by atoms with Gasteiger partial charge in [0.2, 0.25) is 0 Å². The molecule has 1 saturated carbocycles. The number of carbonyl (C=O) groups is 2. The van der Waals surface area contributed by atoms with Crippen molar-refractivity contribution in [3.05, 3.63) is 0 Å². The van der Waals surface area contributed by atoms with Crippen molar-refractivity contribution in [2.45, 2.75) is 56.2 Å². The molecule has 2 atom stereocenters. The number of carboxylic acids is 1. The van der Waals surface area contributed by atoms with Gasteiger partial charge in [-0.1, -0.05) is 19.8 Å². The summed E-state index contributed by atoms with van der Waals surface area (Å²) in [7, 11) is 0. The first-order valence-corrected chi connectivity index (χ1v) is 9.06. The summed E-state index contributed by atoms with van der Waals surface area (Å²) in [6.45, 7) is 3.28. The van der Waals surface area contributed by atoms with Crippen LogP contribution in [0.4, 0.5) is 4.79 Å². The van der Waals surface area contributed by atoms with Crippen LogP contribution in [0.5, 0.6) is 0 Å². The number of nitrogens with one attached hydrogen (secondary N) is 1. The van der Waals surface area contributed by atoms with Crippen LogP contribution in [-0.2, 0) is 4.79 Å². The second-order valence-corrected chi connectivity index (χ2v) is 7.52. The maximum Gasteiger partial charge on any atom is 0.326 e. The molecule has 2 rings (SSSR count). The van der Waals surface area contributed by atoms with Crippen LogP contribution in [0.3, 0.4) is 0 Å². The summed E-state index contributed by atoms with van der Waals surface area (Å²) < 4.78 is 0.177. The maximum absolute atomic E-state index is 12.4. The smallest absolute Gasteiger partial charge is 0.326 e. The molecule has 2 N–H and O–H groups in total. The van der Waals surface area contributed by atoms with Crippen molar-refractivity contribution in [3.8, 4) is 0 Å². The van der Waals surface area contributed by atoms with E-state index in [0.29, 0.717) is 25.4 Å². The molecule has 0 radical (unpaired) electrons. The van der Waals surface area contributed by atoms with Crippen molar-refractivity contribution in [2.75, 3.05) is 19.3 Å². The Morgan fingerprint density at radius 1 is 1.43 bits per heavy atom. The first-order valence-electron chi connectivity index (χ1n) is 7.84. The van der Waals surface area contributed by atoms with Crippen LogP contribution in [-0.4, -0.2) is 52.1 Å². The third-order valence-corrected chi connectivity index (χ3v) is 6.51. The predicted octanol–water partition coefficient (Wildman–Crippen LogP) is 2.56. The average Bonchev–Trinajstić information content (AvgIpc) is 2.45. The zero-order valence-electron chi connectivity index (χ0n) is 12.9. The van der Waals surface area contributed by atoms with Gasteiger partial charge in [0, 0.05) is 17.8 Å². The van der Waals surface area contributed by atoms with Gasteiger partial charge in [-0.3, -0.25) is 0 Å². The lowest BCUT2D eigenvalue weighted by Gasteiger charge is -2.42. The summed E-state index contributed by atoms with van der Waals surface area (Å²) >= 11 is 1.81. The summed E-state index contributed by atoms with van der Waals surface area (Å²) in [5.74, 6) is -0.467. The number of thioether (sulfide) groups is 1. The molecule has 6 heteroatoms. The zero-order chi connectivity index (χ0) is 15.5. The average molecular weight is 314 g/mol. The minimum Gasteiger partial charge on any atom is -0.480 e. The predicted molar refractivity (Wildman–Crippen MR) is 84.6 cm³/mol. The molecule has 1 aliphatic carbocycles. The lowest BCUT2D eigenvalue weighted by atomic mass is 9.84. The fourth-order valence-electron chi connectivity index (χ4n) is 3.25. The molecule has 5 nitrogen and oxygen atoms in total. The number of urea groups is 1. The number of carbonyl (C=O) groups excluding carboxylic acids is 1. The van der Waals surface area contributed by atoms with Crippen molar-refractivity contribution in [1.82, 2.24) is 10.2 Å². The number of hydrogen-bond donors (Lipinski definition) is 2. The summed E-state index contributed by atoms with van der Waals surface area (Å²) in [5.41, 5.74) is 0. The zero-order valence-corrected chi connectivity index (χ0v) is 13.7. The molecule has 0 bridgehead atoms. The molecule has 21 heavy (non-hydrogen) atoms. The normalized spacial score (nSPS) is 27.8. The molecule has 1 heterocycles. The number of rotatable bonds is 5. The summed E-state index contributed by atoms with van der Waals surface area (Å²) in [6, 6.07) is -0.882. The van der Waals surface area contributed by atoms with Crippen LogP contribution in [0.1, 0.15) is 45.4 Å². The molecular weight excluding hydrogens is 288 g/mol. The van der Waals surface area contributed by atoms with E-state index in [9.17, 15) is 14.7 Å².